The Bertz CT molecular complexity index is 433. The van der Waals surface area contributed by atoms with Crippen LogP contribution in [-0.2, 0) is 6.54 Å². The summed E-state index contributed by atoms with van der Waals surface area (Å²) in [6.45, 7) is 9.86. The van der Waals surface area contributed by atoms with Gasteiger partial charge < -0.3 is 5.11 Å². The van der Waals surface area contributed by atoms with Crippen molar-refractivity contribution in [3.05, 3.63) is 21.9 Å². The van der Waals surface area contributed by atoms with Crippen molar-refractivity contribution < 1.29 is 5.11 Å². The zero-order valence-electron chi connectivity index (χ0n) is 11.9. The van der Waals surface area contributed by atoms with Gasteiger partial charge in [0.05, 0.1) is 0 Å². The maximum Gasteiger partial charge on any atom is 0.104 e. The molecule has 2 nitrogen and oxygen atoms in total. The van der Waals surface area contributed by atoms with Crippen molar-refractivity contribution in [2.75, 3.05) is 13.7 Å². The second kappa shape index (κ2) is 6.38. The first-order valence-electron chi connectivity index (χ1n) is 6.22. The summed E-state index contributed by atoms with van der Waals surface area (Å²) >= 11 is 1.73. The van der Waals surface area contributed by atoms with Crippen molar-refractivity contribution in [1.82, 2.24) is 4.90 Å². The number of nitrogens with zero attached hydrogens (tertiary/aromatic N) is 1. The molecule has 1 aromatic heterocycles. The Hall–Kier alpha value is -0.820. The molecule has 0 bridgehead atoms. The van der Waals surface area contributed by atoms with E-state index in [0.717, 1.165) is 12.1 Å². The van der Waals surface area contributed by atoms with E-state index < -0.39 is 0 Å². The molecule has 0 fully saturated rings. The van der Waals surface area contributed by atoms with Crippen LogP contribution < -0.4 is 0 Å². The van der Waals surface area contributed by atoms with Crippen LogP contribution in [0.3, 0.4) is 0 Å². The summed E-state index contributed by atoms with van der Waals surface area (Å²) in [4.78, 5) is 3.63. The van der Waals surface area contributed by atoms with Crippen molar-refractivity contribution in [2.45, 2.75) is 40.3 Å². The Kier molecular flexibility index (Phi) is 5.40. The minimum Gasteiger partial charge on any atom is -0.384 e. The second-order valence-corrected chi connectivity index (χ2v) is 6.68. The topological polar surface area (TPSA) is 23.5 Å². The number of hydrogen-bond acceptors (Lipinski definition) is 3. The number of aliphatic hydroxyl groups is 1. The van der Waals surface area contributed by atoms with Crippen molar-refractivity contribution in [3.63, 3.8) is 0 Å². The van der Waals surface area contributed by atoms with Crippen LogP contribution in [0.25, 0.3) is 0 Å². The molecule has 1 N–H and O–H groups in total. The molecule has 0 radical (unpaired) electrons. The molecular weight excluding hydrogens is 242 g/mol. The van der Waals surface area contributed by atoms with E-state index in [0.29, 0.717) is 6.04 Å². The molecule has 0 aliphatic carbocycles. The third-order valence-corrected chi connectivity index (χ3v) is 4.26. The monoisotopic (exact) mass is 265 g/mol. The third-order valence-electron chi connectivity index (χ3n) is 3.36. The van der Waals surface area contributed by atoms with Gasteiger partial charge in [0, 0.05) is 23.0 Å². The van der Waals surface area contributed by atoms with E-state index >= 15 is 0 Å². The summed E-state index contributed by atoms with van der Waals surface area (Å²) in [5, 5.41) is 10.8. The summed E-state index contributed by atoms with van der Waals surface area (Å²) in [6, 6.07) is 2.52. The fourth-order valence-electron chi connectivity index (χ4n) is 1.73. The molecule has 1 unspecified atom stereocenters. The van der Waals surface area contributed by atoms with Gasteiger partial charge in [-0.15, -0.1) is 11.3 Å². The highest BCUT2D eigenvalue weighted by atomic mass is 32.1. The van der Waals surface area contributed by atoms with Crippen LogP contribution in [0.4, 0.5) is 0 Å². The zero-order chi connectivity index (χ0) is 13.8. The van der Waals surface area contributed by atoms with Gasteiger partial charge in [0.1, 0.15) is 6.61 Å². The first-order chi connectivity index (χ1) is 8.36. The summed E-state index contributed by atoms with van der Waals surface area (Å²) in [7, 11) is 2.15. The third kappa shape index (κ3) is 4.13. The van der Waals surface area contributed by atoms with Crippen LogP contribution in [-0.4, -0.2) is 29.7 Å². The zero-order valence-corrected chi connectivity index (χ0v) is 12.8. The molecule has 0 amide bonds. The average molecular weight is 265 g/mol. The molecule has 0 aliphatic heterocycles. The Balaban J connectivity index is 2.76. The van der Waals surface area contributed by atoms with Gasteiger partial charge in [0.2, 0.25) is 0 Å². The van der Waals surface area contributed by atoms with Crippen LogP contribution in [0.2, 0.25) is 0 Å². The van der Waals surface area contributed by atoms with Gasteiger partial charge >= 0.3 is 0 Å². The normalized spacial score (nSPS) is 13.3. The Morgan fingerprint density at radius 3 is 2.67 bits per heavy atom. The Morgan fingerprint density at radius 2 is 2.11 bits per heavy atom. The highest BCUT2D eigenvalue weighted by Crippen LogP contribution is 2.26. The molecular formula is C15H23NOS. The van der Waals surface area contributed by atoms with E-state index in [1.807, 2.05) is 6.07 Å². The van der Waals surface area contributed by atoms with Gasteiger partial charge in [-0.25, -0.2) is 0 Å². The van der Waals surface area contributed by atoms with Crippen molar-refractivity contribution >= 4 is 11.3 Å². The quantitative estimate of drug-likeness (QED) is 0.849. The molecule has 0 aromatic carbocycles. The maximum atomic E-state index is 8.75. The van der Waals surface area contributed by atoms with Gasteiger partial charge in [-0.2, -0.15) is 0 Å². The van der Waals surface area contributed by atoms with Crippen molar-refractivity contribution in [2.24, 2.45) is 5.41 Å². The average Bonchev–Trinajstić information content (AvgIpc) is 2.71. The van der Waals surface area contributed by atoms with Gasteiger partial charge in [-0.1, -0.05) is 32.6 Å². The van der Waals surface area contributed by atoms with Crippen molar-refractivity contribution in [1.29, 1.82) is 0 Å². The summed E-state index contributed by atoms with van der Waals surface area (Å²) in [5.74, 6) is 5.73. The molecule has 1 rings (SSSR count). The fourth-order valence-corrected chi connectivity index (χ4v) is 2.63. The lowest BCUT2D eigenvalue weighted by molar-refractivity contribution is 0.135. The SMILES string of the molecule is CC(N(C)Cc1sccc1C#CCO)C(C)(C)C. The van der Waals surface area contributed by atoms with Crippen molar-refractivity contribution in [3.8, 4) is 11.8 Å². The summed E-state index contributed by atoms with van der Waals surface area (Å²) in [5.41, 5.74) is 1.31. The molecule has 1 aromatic rings. The standard InChI is InChI=1S/C15H23NOS/c1-12(15(2,3)4)16(5)11-14-13(7-6-9-17)8-10-18-14/h8,10,12,17H,9,11H2,1-5H3. The van der Waals surface area contributed by atoms with Gasteiger partial charge in [-0.3, -0.25) is 4.90 Å². The number of thiophene rings is 1. The molecule has 18 heavy (non-hydrogen) atoms. The summed E-state index contributed by atoms with van der Waals surface area (Å²) < 4.78 is 0. The lowest BCUT2D eigenvalue weighted by atomic mass is 9.87. The first kappa shape index (κ1) is 15.2. The Labute approximate surface area is 115 Å². The Morgan fingerprint density at radius 1 is 1.44 bits per heavy atom. The lowest BCUT2D eigenvalue weighted by Gasteiger charge is -2.35. The van der Waals surface area contributed by atoms with E-state index in [9.17, 15) is 0 Å². The van der Waals surface area contributed by atoms with E-state index in [-0.39, 0.29) is 12.0 Å². The van der Waals surface area contributed by atoms with E-state index in [1.165, 1.54) is 4.88 Å². The second-order valence-electron chi connectivity index (χ2n) is 5.67. The molecule has 0 saturated carbocycles. The fraction of sp³-hybridized carbons (Fsp3) is 0.600. The highest BCUT2D eigenvalue weighted by molar-refractivity contribution is 7.10. The minimum absolute atomic E-state index is 0.0798. The predicted octanol–water partition coefficient (Wildman–Crippen LogP) is 2.96. The van der Waals surface area contributed by atoms with E-state index in [1.54, 1.807) is 11.3 Å². The van der Waals surface area contributed by atoms with Gasteiger partial charge in [-0.05, 0) is 30.8 Å². The molecule has 0 spiro atoms. The number of hydrogen-bond donors (Lipinski definition) is 1. The minimum atomic E-state index is -0.0798. The van der Waals surface area contributed by atoms with Gasteiger partial charge in [0.25, 0.3) is 0 Å². The van der Waals surface area contributed by atoms with Crippen LogP contribution in [0.1, 0.15) is 38.1 Å². The maximum absolute atomic E-state index is 8.75. The molecule has 0 saturated heterocycles. The van der Waals surface area contributed by atoms with Gasteiger partial charge in [0.15, 0.2) is 0 Å². The highest BCUT2D eigenvalue weighted by Gasteiger charge is 2.24. The molecule has 1 atom stereocenters. The first-order valence-corrected chi connectivity index (χ1v) is 7.10. The molecule has 1 heterocycles. The van der Waals surface area contributed by atoms with E-state index in [4.69, 9.17) is 5.11 Å². The van der Waals surface area contributed by atoms with Crippen LogP contribution in [0, 0.1) is 17.3 Å². The van der Waals surface area contributed by atoms with Crippen LogP contribution in [0.15, 0.2) is 11.4 Å². The van der Waals surface area contributed by atoms with Crippen LogP contribution >= 0.6 is 11.3 Å². The largest absolute Gasteiger partial charge is 0.384 e. The number of aliphatic hydroxyl groups excluding tert-OH is 1. The summed E-state index contributed by atoms with van der Waals surface area (Å²) in [6.07, 6.45) is 0. The number of rotatable bonds is 3. The smallest absolute Gasteiger partial charge is 0.104 e. The molecule has 0 aliphatic rings. The lowest BCUT2D eigenvalue weighted by Crippen LogP contribution is -2.38. The molecule has 100 valence electrons. The van der Waals surface area contributed by atoms with Crippen LogP contribution in [0.5, 0.6) is 0 Å². The molecule has 3 heteroatoms. The predicted molar refractivity (Wildman–Crippen MR) is 78.7 cm³/mol. The van der Waals surface area contributed by atoms with E-state index in [2.05, 4.69) is 56.9 Å².